The summed E-state index contributed by atoms with van der Waals surface area (Å²) in [5.74, 6) is 0.607. The number of carbonyl (C=O) groups excluding carboxylic acids is 1. The third-order valence-electron chi connectivity index (χ3n) is 4.27. The second-order valence-electron chi connectivity index (χ2n) is 6.04. The van der Waals surface area contributed by atoms with Crippen molar-refractivity contribution in [2.45, 2.75) is 19.1 Å². The first-order valence-corrected chi connectivity index (χ1v) is 8.00. The highest BCUT2D eigenvalue weighted by Crippen LogP contribution is 2.27. The second-order valence-corrected chi connectivity index (χ2v) is 6.04. The zero-order valence-corrected chi connectivity index (χ0v) is 13.7. The van der Waals surface area contributed by atoms with E-state index in [1.165, 1.54) is 21.8 Å². The van der Waals surface area contributed by atoms with Crippen LogP contribution in [0.1, 0.15) is 5.56 Å². The number of nitrogens with zero attached hydrogens (tertiary/aromatic N) is 4. The average molecular weight is 339 g/mol. The van der Waals surface area contributed by atoms with Gasteiger partial charge in [-0.15, -0.1) is 0 Å². The Morgan fingerprint density at radius 3 is 3.08 bits per heavy atom. The zero-order valence-electron chi connectivity index (χ0n) is 13.7. The van der Waals surface area contributed by atoms with E-state index in [0.717, 1.165) is 17.7 Å². The summed E-state index contributed by atoms with van der Waals surface area (Å²) in [7, 11) is 1.71. The van der Waals surface area contributed by atoms with Crippen molar-refractivity contribution in [3.63, 3.8) is 0 Å². The minimum absolute atomic E-state index is 0.0861. The fraction of sp³-hybridized carbons (Fsp3) is 0.294. The summed E-state index contributed by atoms with van der Waals surface area (Å²) in [6, 6.07) is 7.84. The van der Waals surface area contributed by atoms with Crippen molar-refractivity contribution in [1.29, 1.82) is 0 Å². The molecule has 2 aromatic heterocycles. The number of hydrogen-bond donors (Lipinski definition) is 1. The van der Waals surface area contributed by atoms with Gasteiger partial charge in [0.15, 0.2) is 5.65 Å². The van der Waals surface area contributed by atoms with Crippen molar-refractivity contribution in [3.8, 4) is 5.75 Å². The van der Waals surface area contributed by atoms with Crippen molar-refractivity contribution in [2.75, 3.05) is 6.54 Å². The van der Waals surface area contributed by atoms with E-state index in [2.05, 4.69) is 15.4 Å². The molecule has 0 bridgehead atoms. The molecule has 4 rings (SSSR count). The third kappa shape index (κ3) is 2.86. The number of nitrogens with one attached hydrogen (secondary N) is 1. The monoisotopic (exact) mass is 339 g/mol. The van der Waals surface area contributed by atoms with Gasteiger partial charge in [-0.25, -0.2) is 4.98 Å². The van der Waals surface area contributed by atoms with Gasteiger partial charge in [-0.3, -0.25) is 18.8 Å². The maximum atomic E-state index is 12.4. The standard InChI is InChI=1S/C17H17N5O3/c1-21-16-13(8-20-21)17(24)22(10-19-16)9-15(23)18-7-12-6-11-4-2-3-5-14(11)25-12/h2-5,8,10,12H,6-7,9H2,1H3,(H,18,23). The first-order chi connectivity index (χ1) is 12.1. The normalized spacial score (nSPS) is 15.8. The molecular formula is C17H17N5O3. The number of para-hydroxylation sites is 1. The molecule has 0 saturated carbocycles. The maximum Gasteiger partial charge on any atom is 0.264 e. The molecule has 1 amide bonds. The highest BCUT2D eigenvalue weighted by atomic mass is 16.5. The summed E-state index contributed by atoms with van der Waals surface area (Å²) in [6.45, 7) is 0.307. The van der Waals surface area contributed by atoms with Crippen LogP contribution < -0.4 is 15.6 Å². The second kappa shape index (κ2) is 6.04. The Labute approximate surface area is 143 Å². The van der Waals surface area contributed by atoms with Gasteiger partial charge in [0.1, 0.15) is 30.1 Å². The minimum atomic E-state index is -0.280. The number of benzene rings is 1. The van der Waals surface area contributed by atoms with Crippen LogP contribution in [0.15, 0.2) is 41.6 Å². The number of aryl methyl sites for hydroxylation is 1. The molecule has 8 heteroatoms. The topological polar surface area (TPSA) is 91.0 Å². The van der Waals surface area contributed by atoms with Crippen molar-refractivity contribution in [2.24, 2.45) is 7.05 Å². The third-order valence-corrected chi connectivity index (χ3v) is 4.27. The average Bonchev–Trinajstić information content (AvgIpc) is 3.19. The van der Waals surface area contributed by atoms with Crippen molar-refractivity contribution < 1.29 is 9.53 Å². The number of ether oxygens (including phenoxy) is 1. The molecular weight excluding hydrogens is 322 g/mol. The number of amides is 1. The summed E-state index contributed by atoms with van der Waals surface area (Å²) in [5, 5.41) is 7.22. The molecule has 3 heterocycles. The Hall–Kier alpha value is -3.16. The molecule has 25 heavy (non-hydrogen) atoms. The Kier molecular flexibility index (Phi) is 3.72. The molecule has 8 nitrogen and oxygen atoms in total. The molecule has 1 aliphatic rings. The van der Waals surface area contributed by atoms with E-state index in [1.807, 2.05) is 24.3 Å². The van der Waals surface area contributed by atoms with Crippen LogP contribution >= 0.6 is 0 Å². The van der Waals surface area contributed by atoms with Crippen LogP contribution in [0.5, 0.6) is 5.75 Å². The van der Waals surface area contributed by atoms with Gasteiger partial charge in [0.05, 0.1) is 12.7 Å². The molecule has 0 spiro atoms. The molecule has 1 N–H and O–H groups in total. The van der Waals surface area contributed by atoms with Gasteiger partial charge in [-0.1, -0.05) is 18.2 Å². The molecule has 0 fully saturated rings. The summed E-state index contributed by atoms with van der Waals surface area (Å²) in [4.78, 5) is 28.7. The molecule has 1 atom stereocenters. The van der Waals surface area contributed by atoms with Gasteiger partial charge in [0.2, 0.25) is 5.91 Å². The minimum Gasteiger partial charge on any atom is -0.488 e. The Bertz CT molecular complexity index is 982. The van der Waals surface area contributed by atoms with Crippen molar-refractivity contribution in [3.05, 3.63) is 52.7 Å². The highest BCUT2D eigenvalue weighted by molar-refractivity contribution is 5.77. The van der Waals surface area contributed by atoms with E-state index in [-0.39, 0.29) is 24.1 Å². The van der Waals surface area contributed by atoms with Gasteiger partial charge in [0.25, 0.3) is 5.56 Å². The van der Waals surface area contributed by atoms with Crippen molar-refractivity contribution in [1.82, 2.24) is 24.6 Å². The molecule has 3 aromatic rings. The van der Waals surface area contributed by atoms with Crippen LogP contribution in [0.4, 0.5) is 0 Å². The Balaban J connectivity index is 1.38. The molecule has 0 aliphatic carbocycles. The lowest BCUT2D eigenvalue weighted by molar-refractivity contribution is -0.122. The van der Waals surface area contributed by atoms with Gasteiger partial charge < -0.3 is 10.1 Å². The molecule has 128 valence electrons. The van der Waals surface area contributed by atoms with Crippen LogP contribution in [-0.2, 0) is 24.8 Å². The van der Waals surface area contributed by atoms with Crippen LogP contribution in [-0.4, -0.2) is 37.9 Å². The van der Waals surface area contributed by atoms with Gasteiger partial charge in [0, 0.05) is 13.5 Å². The van der Waals surface area contributed by atoms with Gasteiger partial charge in [-0.05, 0) is 11.6 Å². The molecule has 1 unspecified atom stereocenters. The van der Waals surface area contributed by atoms with Crippen LogP contribution in [0.3, 0.4) is 0 Å². The van der Waals surface area contributed by atoms with Crippen LogP contribution in [0.25, 0.3) is 11.0 Å². The molecule has 1 aliphatic heterocycles. The first kappa shape index (κ1) is 15.4. The number of carbonyl (C=O) groups is 1. The van der Waals surface area contributed by atoms with Crippen LogP contribution in [0.2, 0.25) is 0 Å². The number of rotatable bonds is 4. The SMILES string of the molecule is Cn1ncc2c(=O)n(CC(=O)NCC3Cc4ccccc4O3)cnc21. The Morgan fingerprint density at radius 1 is 1.40 bits per heavy atom. The van der Waals surface area contributed by atoms with Gasteiger partial charge >= 0.3 is 0 Å². The fourth-order valence-electron chi connectivity index (χ4n) is 2.99. The summed E-state index contributed by atoms with van der Waals surface area (Å²) in [6.07, 6.45) is 3.51. The van der Waals surface area contributed by atoms with E-state index >= 15 is 0 Å². The van der Waals surface area contributed by atoms with E-state index in [1.54, 1.807) is 7.05 Å². The fourth-order valence-corrected chi connectivity index (χ4v) is 2.99. The van der Waals surface area contributed by atoms with E-state index < -0.39 is 0 Å². The van der Waals surface area contributed by atoms with Crippen molar-refractivity contribution >= 4 is 16.9 Å². The largest absolute Gasteiger partial charge is 0.488 e. The van der Waals surface area contributed by atoms with E-state index in [4.69, 9.17) is 4.74 Å². The lowest BCUT2D eigenvalue weighted by atomic mass is 10.1. The quantitative estimate of drug-likeness (QED) is 0.736. The zero-order chi connectivity index (χ0) is 17.4. The van der Waals surface area contributed by atoms with E-state index in [0.29, 0.717) is 17.6 Å². The highest BCUT2D eigenvalue weighted by Gasteiger charge is 2.22. The Morgan fingerprint density at radius 2 is 2.24 bits per heavy atom. The number of hydrogen-bond acceptors (Lipinski definition) is 5. The molecule has 0 saturated heterocycles. The predicted molar refractivity (Wildman–Crippen MR) is 90.3 cm³/mol. The number of fused-ring (bicyclic) bond motifs is 2. The van der Waals surface area contributed by atoms with Crippen LogP contribution in [0, 0.1) is 0 Å². The predicted octanol–water partition coefficient (Wildman–Crippen LogP) is 0.250. The van der Waals surface area contributed by atoms with Gasteiger partial charge in [-0.2, -0.15) is 5.10 Å². The molecule has 1 aromatic carbocycles. The maximum absolute atomic E-state index is 12.4. The summed E-state index contributed by atoms with van der Waals surface area (Å²) < 4.78 is 8.59. The summed E-state index contributed by atoms with van der Waals surface area (Å²) in [5.41, 5.74) is 1.36. The lowest BCUT2D eigenvalue weighted by Gasteiger charge is -2.12. The lowest BCUT2D eigenvalue weighted by Crippen LogP contribution is -2.38. The number of aromatic nitrogens is 4. The van der Waals surface area contributed by atoms with E-state index in [9.17, 15) is 9.59 Å². The summed E-state index contributed by atoms with van der Waals surface area (Å²) >= 11 is 0. The molecule has 0 radical (unpaired) electrons. The smallest absolute Gasteiger partial charge is 0.264 e. The first-order valence-electron chi connectivity index (χ1n) is 8.00.